The monoisotopic (exact) mass is 228 g/mol. The van der Waals surface area contributed by atoms with Gasteiger partial charge in [-0.3, -0.25) is 4.79 Å². The minimum absolute atomic E-state index is 0.116. The summed E-state index contributed by atoms with van der Waals surface area (Å²) < 4.78 is 0. The number of carbonyl (C=O) groups excluding carboxylic acids is 1. The molecule has 1 aliphatic heterocycles. The summed E-state index contributed by atoms with van der Waals surface area (Å²) in [6, 6.07) is 8.01. The summed E-state index contributed by atoms with van der Waals surface area (Å²) in [6.07, 6.45) is 1.81. The molecule has 0 spiro atoms. The normalized spacial score (nSPS) is 17.5. The molecule has 1 heterocycles. The average molecular weight is 228 g/mol. The standard InChI is InChI=1S/C14H16N2O/c1-9(2)13-15-12(14(17)16-13)8-11-6-4-10(3)5-7-11/h4-9H,1-3H3,(H,15,16,17)/b12-8+. The lowest BCUT2D eigenvalue weighted by Gasteiger charge is -2.01. The highest BCUT2D eigenvalue weighted by molar-refractivity contribution is 6.14. The van der Waals surface area contributed by atoms with E-state index in [2.05, 4.69) is 10.3 Å². The molecule has 0 aromatic heterocycles. The van der Waals surface area contributed by atoms with Crippen molar-refractivity contribution in [2.45, 2.75) is 20.8 Å². The van der Waals surface area contributed by atoms with Crippen LogP contribution in [0.5, 0.6) is 0 Å². The average Bonchev–Trinajstić information content (AvgIpc) is 2.64. The third kappa shape index (κ3) is 2.61. The highest BCUT2D eigenvalue weighted by atomic mass is 16.2. The van der Waals surface area contributed by atoms with Gasteiger partial charge in [0, 0.05) is 5.92 Å². The maximum Gasteiger partial charge on any atom is 0.275 e. The van der Waals surface area contributed by atoms with Gasteiger partial charge >= 0.3 is 0 Å². The van der Waals surface area contributed by atoms with E-state index < -0.39 is 0 Å². The number of amidine groups is 1. The Hall–Kier alpha value is -1.90. The van der Waals surface area contributed by atoms with Gasteiger partial charge in [0.05, 0.1) is 0 Å². The predicted octanol–water partition coefficient (Wildman–Crippen LogP) is 2.52. The van der Waals surface area contributed by atoms with Crippen molar-refractivity contribution in [1.29, 1.82) is 0 Å². The Morgan fingerprint density at radius 2 is 1.88 bits per heavy atom. The number of nitrogens with one attached hydrogen (secondary N) is 1. The van der Waals surface area contributed by atoms with Crippen LogP contribution in [0, 0.1) is 12.8 Å². The zero-order chi connectivity index (χ0) is 12.4. The summed E-state index contributed by atoms with van der Waals surface area (Å²) in [5, 5.41) is 2.78. The number of amides is 1. The Labute approximate surface area is 101 Å². The van der Waals surface area contributed by atoms with Crippen LogP contribution < -0.4 is 5.32 Å². The fraction of sp³-hybridized carbons (Fsp3) is 0.286. The number of hydrogen-bond donors (Lipinski definition) is 1. The van der Waals surface area contributed by atoms with Crippen molar-refractivity contribution < 1.29 is 4.79 Å². The second kappa shape index (κ2) is 4.53. The molecule has 2 rings (SSSR count). The molecule has 0 fully saturated rings. The van der Waals surface area contributed by atoms with Crippen molar-refractivity contribution in [1.82, 2.24) is 5.32 Å². The molecule has 0 atom stereocenters. The molecule has 0 unspecified atom stereocenters. The fourth-order valence-corrected chi connectivity index (χ4v) is 1.58. The fourth-order valence-electron chi connectivity index (χ4n) is 1.58. The minimum Gasteiger partial charge on any atom is -0.308 e. The molecule has 0 aliphatic carbocycles. The van der Waals surface area contributed by atoms with Gasteiger partial charge in [-0.2, -0.15) is 0 Å². The smallest absolute Gasteiger partial charge is 0.275 e. The summed E-state index contributed by atoms with van der Waals surface area (Å²) in [5.41, 5.74) is 2.68. The van der Waals surface area contributed by atoms with Crippen LogP contribution in [0.25, 0.3) is 6.08 Å². The van der Waals surface area contributed by atoms with E-state index in [0.717, 1.165) is 11.4 Å². The van der Waals surface area contributed by atoms with Gasteiger partial charge in [0.1, 0.15) is 11.5 Å². The van der Waals surface area contributed by atoms with E-state index in [1.54, 1.807) is 0 Å². The predicted molar refractivity (Wildman–Crippen MR) is 69.6 cm³/mol. The number of carbonyl (C=O) groups is 1. The topological polar surface area (TPSA) is 41.5 Å². The lowest BCUT2D eigenvalue weighted by atomic mass is 10.1. The number of nitrogens with zero attached hydrogens (tertiary/aromatic N) is 1. The Morgan fingerprint density at radius 3 is 2.41 bits per heavy atom. The van der Waals surface area contributed by atoms with Gasteiger partial charge in [-0.25, -0.2) is 4.99 Å². The lowest BCUT2D eigenvalue weighted by Crippen LogP contribution is -2.27. The van der Waals surface area contributed by atoms with Crippen molar-refractivity contribution in [2.75, 3.05) is 0 Å². The van der Waals surface area contributed by atoms with E-state index in [0.29, 0.717) is 5.70 Å². The summed E-state index contributed by atoms with van der Waals surface area (Å²) in [7, 11) is 0. The molecule has 1 aromatic carbocycles. The van der Waals surface area contributed by atoms with Gasteiger partial charge in [-0.05, 0) is 18.6 Å². The van der Waals surface area contributed by atoms with Crippen LogP contribution in [0.3, 0.4) is 0 Å². The van der Waals surface area contributed by atoms with E-state index in [4.69, 9.17) is 0 Å². The molecule has 1 amide bonds. The summed E-state index contributed by atoms with van der Waals surface area (Å²) in [6.45, 7) is 6.05. The van der Waals surface area contributed by atoms with Gasteiger partial charge in [-0.15, -0.1) is 0 Å². The molecule has 1 aliphatic rings. The minimum atomic E-state index is -0.116. The zero-order valence-corrected chi connectivity index (χ0v) is 10.3. The number of rotatable bonds is 2. The van der Waals surface area contributed by atoms with Crippen molar-refractivity contribution in [3.05, 3.63) is 41.1 Å². The maximum absolute atomic E-state index is 11.7. The first kappa shape index (κ1) is 11.6. The van der Waals surface area contributed by atoms with Crippen LogP contribution in [0.2, 0.25) is 0 Å². The quantitative estimate of drug-likeness (QED) is 0.776. The van der Waals surface area contributed by atoms with Crippen LogP contribution in [0.4, 0.5) is 0 Å². The van der Waals surface area contributed by atoms with Gasteiger partial charge in [0.2, 0.25) is 0 Å². The Balaban J connectivity index is 2.28. The van der Waals surface area contributed by atoms with E-state index in [9.17, 15) is 4.79 Å². The third-order valence-corrected chi connectivity index (χ3v) is 2.64. The first-order valence-corrected chi connectivity index (χ1v) is 5.74. The van der Waals surface area contributed by atoms with Crippen molar-refractivity contribution in [3.63, 3.8) is 0 Å². The van der Waals surface area contributed by atoms with Crippen LogP contribution in [-0.4, -0.2) is 11.7 Å². The molecule has 3 nitrogen and oxygen atoms in total. The van der Waals surface area contributed by atoms with E-state index in [1.807, 2.05) is 51.1 Å². The number of benzene rings is 1. The first-order valence-electron chi connectivity index (χ1n) is 5.74. The van der Waals surface area contributed by atoms with Gasteiger partial charge in [-0.1, -0.05) is 43.7 Å². The van der Waals surface area contributed by atoms with Crippen molar-refractivity contribution in [3.8, 4) is 0 Å². The molecule has 0 radical (unpaired) electrons. The van der Waals surface area contributed by atoms with Crippen LogP contribution in [-0.2, 0) is 4.79 Å². The van der Waals surface area contributed by atoms with Gasteiger partial charge in [0.25, 0.3) is 5.91 Å². The van der Waals surface area contributed by atoms with Crippen LogP contribution >= 0.6 is 0 Å². The molecule has 17 heavy (non-hydrogen) atoms. The highest BCUT2D eigenvalue weighted by Crippen LogP contribution is 2.14. The Bertz CT molecular complexity index is 495. The Morgan fingerprint density at radius 1 is 1.24 bits per heavy atom. The third-order valence-electron chi connectivity index (χ3n) is 2.64. The van der Waals surface area contributed by atoms with Crippen molar-refractivity contribution >= 4 is 17.8 Å². The molecule has 3 heteroatoms. The van der Waals surface area contributed by atoms with E-state index in [1.165, 1.54) is 5.56 Å². The number of aliphatic imine (C=N–C) groups is 1. The van der Waals surface area contributed by atoms with Gasteiger partial charge < -0.3 is 5.32 Å². The summed E-state index contributed by atoms with van der Waals surface area (Å²) in [4.78, 5) is 16.0. The molecule has 1 aromatic rings. The highest BCUT2D eigenvalue weighted by Gasteiger charge is 2.21. The Kier molecular flexibility index (Phi) is 3.09. The molecular weight excluding hydrogens is 212 g/mol. The first-order chi connectivity index (χ1) is 8.06. The molecule has 0 saturated heterocycles. The largest absolute Gasteiger partial charge is 0.308 e. The lowest BCUT2D eigenvalue weighted by molar-refractivity contribution is -0.115. The van der Waals surface area contributed by atoms with Crippen LogP contribution in [0.1, 0.15) is 25.0 Å². The van der Waals surface area contributed by atoms with Gasteiger partial charge in [0.15, 0.2) is 0 Å². The maximum atomic E-state index is 11.7. The molecule has 0 saturated carbocycles. The summed E-state index contributed by atoms with van der Waals surface area (Å²) in [5.74, 6) is 0.866. The van der Waals surface area contributed by atoms with Crippen LogP contribution in [0.15, 0.2) is 35.0 Å². The molecule has 88 valence electrons. The molecular formula is C14H16N2O. The molecule has 0 bridgehead atoms. The molecule has 1 N–H and O–H groups in total. The van der Waals surface area contributed by atoms with E-state index >= 15 is 0 Å². The zero-order valence-electron chi connectivity index (χ0n) is 10.3. The number of hydrogen-bond acceptors (Lipinski definition) is 2. The summed E-state index contributed by atoms with van der Waals surface area (Å²) >= 11 is 0. The number of aryl methyl sites for hydroxylation is 1. The van der Waals surface area contributed by atoms with Crippen molar-refractivity contribution in [2.24, 2.45) is 10.9 Å². The van der Waals surface area contributed by atoms with E-state index in [-0.39, 0.29) is 11.8 Å². The SMILES string of the molecule is Cc1ccc(/C=C2/N=C(C(C)C)NC2=O)cc1. The second-order valence-corrected chi connectivity index (χ2v) is 4.55. The second-order valence-electron chi connectivity index (χ2n) is 4.55.